The van der Waals surface area contributed by atoms with E-state index < -0.39 is 35.8 Å². The van der Waals surface area contributed by atoms with Crippen LogP contribution in [0.5, 0.6) is 0 Å². The minimum absolute atomic E-state index is 0. The van der Waals surface area contributed by atoms with Gasteiger partial charge in [-0.15, -0.1) is 0 Å². The van der Waals surface area contributed by atoms with Crippen LogP contribution in [0.25, 0.3) is 0 Å². The van der Waals surface area contributed by atoms with Crippen LogP contribution in [0.3, 0.4) is 0 Å². The van der Waals surface area contributed by atoms with Gasteiger partial charge >= 0.3 is 35.3 Å². The molecule has 13 heteroatoms. The maximum Gasteiger partial charge on any atom is 3.00 e. The van der Waals surface area contributed by atoms with Crippen molar-refractivity contribution in [3.8, 4) is 0 Å². The maximum absolute atomic E-state index is 11.0. The number of hydrogen-bond acceptors (Lipinski definition) is 12. The Morgan fingerprint density at radius 2 is 0.582 bits per heavy atom. The molecule has 12 nitrogen and oxygen atoms in total. The molecule has 0 aliphatic heterocycles. The van der Waals surface area contributed by atoms with E-state index in [0.717, 1.165) is 38.5 Å². The van der Waals surface area contributed by atoms with Crippen molar-refractivity contribution in [1.29, 1.82) is 0 Å². The fourth-order valence-corrected chi connectivity index (χ4v) is 4.49. The van der Waals surface area contributed by atoms with E-state index in [1.54, 1.807) is 18.2 Å². The fraction of sp³-hybridized carbons (Fsp3) is 0.714. The van der Waals surface area contributed by atoms with Crippen molar-refractivity contribution in [3.05, 3.63) is 37.0 Å². The van der Waals surface area contributed by atoms with E-state index in [0.29, 0.717) is 0 Å². The first-order valence-electron chi connectivity index (χ1n) is 20.1. The zero-order chi connectivity index (χ0) is 40.9. The van der Waals surface area contributed by atoms with Gasteiger partial charge in [-0.25, -0.2) is 0 Å². The van der Waals surface area contributed by atoms with Gasteiger partial charge in [0.05, 0.1) is 38.0 Å². The van der Waals surface area contributed by atoms with Gasteiger partial charge in [-0.3, -0.25) is 14.4 Å². The van der Waals surface area contributed by atoms with E-state index in [2.05, 4.69) is 20.8 Å². The van der Waals surface area contributed by atoms with Crippen LogP contribution in [0.15, 0.2) is 37.0 Å². The second-order valence-electron chi connectivity index (χ2n) is 12.9. The van der Waals surface area contributed by atoms with E-state index in [9.17, 15) is 44.1 Å². The first-order chi connectivity index (χ1) is 26.0. The smallest absolute Gasteiger partial charge is 0.550 e. The number of carboxylic acid groups (broad SMARTS) is 3. The summed E-state index contributed by atoms with van der Waals surface area (Å²) in [7, 11) is 0. The number of aliphatic carboxylic acids is 3. The first kappa shape index (κ1) is 58.3. The van der Waals surface area contributed by atoms with Crippen LogP contribution in [0.4, 0.5) is 0 Å². The summed E-state index contributed by atoms with van der Waals surface area (Å²) in [6, 6.07) is 0. The van der Waals surface area contributed by atoms with Gasteiger partial charge in [-0.05, 0) is 76.0 Å². The topological polar surface area (TPSA) is 199 Å². The van der Waals surface area contributed by atoms with Crippen molar-refractivity contribution >= 4 is 53.2 Å². The van der Waals surface area contributed by atoms with Crippen LogP contribution in [-0.2, 0) is 43.0 Å². The number of carboxylic acids is 3. The number of allylic oxidation sites excluding steroid dienone is 3. The van der Waals surface area contributed by atoms with Crippen LogP contribution >= 0.6 is 0 Å². The van der Waals surface area contributed by atoms with Crippen molar-refractivity contribution in [3.63, 3.8) is 0 Å². The molecule has 0 amide bonds. The molecule has 0 aliphatic carbocycles. The van der Waals surface area contributed by atoms with Gasteiger partial charge in [0.1, 0.15) is 0 Å². The molecule has 0 fully saturated rings. The molecule has 0 unspecified atom stereocenters. The summed E-state index contributed by atoms with van der Waals surface area (Å²) in [6.45, 7) is 6.58. The van der Waals surface area contributed by atoms with Crippen LogP contribution in [0.1, 0.15) is 194 Å². The minimum Gasteiger partial charge on any atom is -0.550 e. The molecule has 0 rings (SSSR count). The average Bonchev–Trinajstić information content (AvgIpc) is 3.14. The number of carbonyl (C=O) groups excluding carboxylic acids is 6. The number of hydrogen-bond donors (Lipinski definition) is 0. The molecule has 0 atom stereocenters. The molecule has 0 heterocycles. The Morgan fingerprint density at radius 1 is 0.364 bits per heavy atom. The summed E-state index contributed by atoms with van der Waals surface area (Å²) < 4.78 is 14.2. The summed E-state index contributed by atoms with van der Waals surface area (Å²) in [5.74, 6) is -5.29. The summed E-state index contributed by atoms with van der Waals surface area (Å²) in [4.78, 5) is 63.2. The Labute approximate surface area is 341 Å². The number of rotatable bonds is 33. The number of carbonyl (C=O) groups is 6. The summed E-state index contributed by atoms with van der Waals surface area (Å²) in [5.41, 5.74) is 0. The second kappa shape index (κ2) is 48.6. The molecule has 0 saturated carbocycles. The SMILES string of the molecule is CCCCCCCCC=COC(=O)CCC(=O)[O-].CCCCCCCCC=COC(=O)CCC(=O)[O-].CCCCCCCCC=COC(=O)CCC(=O)[O-].[Al+3]. The number of ether oxygens (including phenoxy) is 3. The minimum atomic E-state index is -1.23. The third-order valence-corrected chi connectivity index (χ3v) is 7.66. The molecule has 0 N–H and O–H groups in total. The fourth-order valence-electron chi connectivity index (χ4n) is 4.49. The predicted molar refractivity (Wildman–Crippen MR) is 208 cm³/mol. The van der Waals surface area contributed by atoms with Crippen molar-refractivity contribution in [2.75, 3.05) is 0 Å². The average molecular weight is 793 g/mol. The van der Waals surface area contributed by atoms with Crippen molar-refractivity contribution < 1.29 is 58.3 Å². The van der Waals surface area contributed by atoms with Gasteiger partial charge in [0.15, 0.2) is 0 Å². The molecular formula is C42H69AlO12. The Hall–Kier alpha value is -3.43. The van der Waals surface area contributed by atoms with E-state index in [-0.39, 0.29) is 55.9 Å². The summed E-state index contributed by atoms with van der Waals surface area (Å²) in [5, 5.41) is 30.3. The monoisotopic (exact) mass is 792 g/mol. The van der Waals surface area contributed by atoms with Crippen molar-refractivity contribution in [2.24, 2.45) is 0 Å². The molecule has 0 aromatic rings. The third kappa shape index (κ3) is 60.1. The maximum atomic E-state index is 11.0. The summed E-state index contributed by atoms with van der Waals surface area (Å²) >= 11 is 0. The van der Waals surface area contributed by atoms with Gasteiger partial charge in [0, 0.05) is 17.9 Å². The molecule has 0 bridgehead atoms. The molecule has 0 aromatic carbocycles. The van der Waals surface area contributed by atoms with Crippen LogP contribution in [0.2, 0.25) is 0 Å². The Bertz CT molecular complexity index is 911. The van der Waals surface area contributed by atoms with Crippen molar-refractivity contribution in [1.82, 2.24) is 0 Å². The molecule has 312 valence electrons. The third-order valence-electron chi connectivity index (χ3n) is 7.66. The van der Waals surface area contributed by atoms with Crippen LogP contribution in [-0.4, -0.2) is 53.2 Å². The Morgan fingerprint density at radius 3 is 0.800 bits per heavy atom. The molecular weight excluding hydrogens is 723 g/mol. The Balaban J connectivity index is -0.000000351. The largest absolute Gasteiger partial charge is 3.00 e. The van der Waals surface area contributed by atoms with Gasteiger partial charge in [-0.1, -0.05) is 117 Å². The molecule has 0 saturated heterocycles. The molecule has 55 heavy (non-hydrogen) atoms. The molecule has 0 radical (unpaired) electrons. The zero-order valence-corrected chi connectivity index (χ0v) is 35.2. The molecule has 0 spiro atoms. The molecule has 0 aliphatic rings. The van der Waals surface area contributed by atoms with E-state index in [4.69, 9.17) is 14.2 Å². The zero-order valence-electron chi connectivity index (χ0n) is 34.0. The van der Waals surface area contributed by atoms with Crippen molar-refractivity contribution in [2.45, 2.75) is 194 Å². The predicted octanol–water partition coefficient (Wildman–Crippen LogP) is 6.59. The van der Waals surface area contributed by atoms with Gasteiger partial charge < -0.3 is 43.9 Å². The number of unbranched alkanes of at least 4 members (excludes halogenated alkanes) is 18. The van der Waals surface area contributed by atoms with E-state index in [1.165, 1.54) is 115 Å². The van der Waals surface area contributed by atoms with Gasteiger partial charge in [0.2, 0.25) is 0 Å². The van der Waals surface area contributed by atoms with Gasteiger partial charge in [-0.2, -0.15) is 0 Å². The summed E-state index contributed by atoms with van der Waals surface area (Å²) in [6.07, 6.45) is 33.0. The van der Waals surface area contributed by atoms with E-state index in [1.807, 2.05) is 0 Å². The van der Waals surface area contributed by atoms with Gasteiger partial charge in [0.25, 0.3) is 0 Å². The van der Waals surface area contributed by atoms with Crippen LogP contribution in [0, 0.1) is 0 Å². The van der Waals surface area contributed by atoms with E-state index >= 15 is 0 Å². The second-order valence-corrected chi connectivity index (χ2v) is 12.9. The van der Waals surface area contributed by atoms with Crippen LogP contribution < -0.4 is 15.3 Å². The normalized spacial score (nSPS) is 10.5. The first-order valence-corrected chi connectivity index (χ1v) is 20.1. The quantitative estimate of drug-likeness (QED) is 0.0227. The molecule has 0 aromatic heterocycles. The standard InChI is InChI=1S/3C14H24O4.Al/c3*1-2-3-4-5-6-7-8-9-12-18-14(17)11-10-13(15)16;/h3*9,12H,2-8,10-11H2,1H3,(H,15,16);/q;;;+3/p-3. The Kier molecular flexibility index (Phi) is 51.5. The number of esters is 3.